The van der Waals surface area contributed by atoms with Gasteiger partial charge in [-0.05, 0) is 37.8 Å². The van der Waals surface area contributed by atoms with E-state index in [1.165, 1.54) is 24.8 Å². The Hall–Kier alpha value is -1.76. The van der Waals surface area contributed by atoms with E-state index in [1.807, 2.05) is 0 Å². The molecule has 1 spiro atoms. The van der Waals surface area contributed by atoms with Crippen molar-refractivity contribution < 1.29 is 9.26 Å². The predicted octanol–water partition coefficient (Wildman–Crippen LogP) is 2.71. The highest BCUT2D eigenvalue weighted by Crippen LogP contribution is 2.44. The van der Waals surface area contributed by atoms with Crippen molar-refractivity contribution in [2.24, 2.45) is 0 Å². The van der Waals surface area contributed by atoms with E-state index in [2.05, 4.69) is 57.3 Å². The normalized spacial score (nSPS) is 23.3. The Morgan fingerprint density at radius 3 is 2.74 bits per heavy atom. The number of nitrogens with zero attached hydrogens (tertiary/aromatic N) is 4. The monoisotopic (exact) mass is 370 g/mol. The van der Waals surface area contributed by atoms with Crippen LogP contribution in [0.25, 0.3) is 0 Å². The third-order valence-corrected chi connectivity index (χ3v) is 6.39. The van der Waals surface area contributed by atoms with Crippen LogP contribution in [0.15, 0.2) is 34.9 Å². The second kappa shape index (κ2) is 8.09. The molecule has 1 atom stereocenters. The molecule has 0 saturated carbocycles. The zero-order chi connectivity index (χ0) is 18.7. The van der Waals surface area contributed by atoms with Gasteiger partial charge in [-0.3, -0.25) is 9.80 Å². The second-order valence-corrected chi connectivity index (χ2v) is 8.04. The van der Waals surface area contributed by atoms with Gasteiger partial charge >= 0.3 is 0 Å². The number of likely N-dealkylation sites (N-methyl/N-ethyl adjacent to an activating group) is 1. The van der Waals surface area contributed by atoms with Crippen LogP contribution in [0.5, 0.6) is 0 Å². The molecule has 4 rings (SSSR count). The highest BCUT2D eigenvalue weighted by Gasteiger charge is 2.45. The van der Waals surface area contributed by atoms with Crippen molar-refractivity contribution in [1.29, 1.82) is 0 Å². The first-order valence-corrected chi connectivity index (χ1v) is 9.97. The average molecular weight is 370 g/mol. The summed E-state index contributed by atoms with van der Waals surface area (Å²) in [6, 6.07) is 11.0. The molecule has 27 heavy (non-hydrogen) atoms. The van der Waals surface area contributed by atoms with Gasteiger partial charge in [0.15, 0.2) is 5.82 Å². The average Bonchev–Trinajstić information content (AvgIpc) is 3.27. The Kier molecular flexibility index (Phi) is 5.57. The number of hydrogen-bond donors (Lipinski definition) is 0. The molecular formula is C21H30N4O2. The van der Waals surface area contributed by atoms with Crippen LogP contribution in [0.1, 0.15) is 42.5 Å². The predicted molar refractivity (Wildman–Crippen MR) is 104 cm³/mol. The Morgan fingerprint density at radius 2 is 2.00 bits per heavy atom. The van der Waals surface area contributed by atoms with Crippen molar-refractivity contribution in [3.63, 3.8) is 0 Å². The number of benzene rings is 1. The summed E-state index contributed by atoms with van der Waals surface area (Å²) in [5.41, 5.74) is 1.83. The maximum absolute atomic E-state index is 5.41. The molecule has 2 fully saturated rings. The molecule has 0 amide bonds. The minimum Gasteiger partial charge on any atom is -0.384 e. The van der Waals surface area contributed by atoms with Crippen LogP contribution < -0.4 is 0 Å². The minimum atomic E-state index is 0.343. The quantitative estimate of drug-likeness (QED) is 0.779. The first-order valence-electron chi connectivity index (χ1n) is 9.97. The molecule has 2 aliphatic heterocycles. The van der Waals surface area contributed by atoms with Crippen LogP contribution >= 0.6 is 0 Å². The Morgan fingerprint density at radius 1 is 1.22 bits per heavy atom. The van der Waals surface area contributed by atoms with Gasteiger partial charge in [-0.1, -0.05) is 35.5 Å². The molecule has 2 aromatic rings. The van der Waals surface area contributed by atoms with E-state index in [9.17, 15) is 0 Å². The molecule has 2 aliphatic rings. The lowest BCUT2D eigenvalue weighted by Gasteiger charge is -2.43. The minimum absolute atomic E-state index is 0.343. The summed E-state index contributed by atoms with van der Waals surface area (Å²) in [6.07, 6.45) is 4.38. The Labute approximate surface area is 161 Å². The second-order valence-electron chi connectivity index (χ2n) is 8.04. The van der Waals surface area contributed by atoms with E-state index in [1.54, 1.807) is 7.11 Å². The number of piperidine rings is 1. The van der Waals surface area contributed by atoms with Crippen molar-refractivity contribution in [3.8, 4) is 0 Å². The van der Waals surface area contributed by atoms with E-state index in [0.717, 1.165) is 37.9 Å². The van der Waals surface area contributed by atoms with Crippen LogP contribution in [0.4, 0.5) is 0 Å². The SMILES string of the molecule is COCCc1noc(CN2CCC3(CC2)C[C@@H](c2ccccc2)CN3C)n1. The summed E-state index contributed by atoms with van der Waals surface area (Å²) < 4.78 is 10.5. The fourth-order valence-corrected chi connectivity index (χ4v) is 4.71. The Bertz CT molecular complexity index is 725. The molecule has 1 aromatic carbocycles. The molecule has 6 nitrogen and oxygen atoms in total. The van der Waals surface area contributed by atoms with Gasteiger partial charge in [-0.2, -0.15) is 4.98 Å². The molecular weight excluding hydrogens is 340 g/mol. The van der Waals surface area contributed by atoms with Crippen LogP contribution in [0.3, 0.4) is 0 Å². The molecule has 0 radical (unpaired) electrons. The van der Waals surface area contributed by atoms with Gasteiger partial charge in [0, 0.05) is 38.7 Å². The fourth-order valence-electron chi connectivity index (χ4n) is 4.71. The van der Waals surface area contributed by atoms with Crippen molar-refractivity contribution in [2.75, 3.05) is 40.4 Å². The molecule has 3 heterocycles. The lowest BCUT2D eigenvalue weighted by Crippen LogP contribution is -2.50. The Balaban J connectivity index is 1.32. The van der Waals surface area contributed by atoms with Crippen LogP contribution in [-0.4, -0.2) is 65.9 Å². The van der Waals surface area contributed by atoms with Crippen molar-refractivity contribution >= 4 is 0 Å². The lowest BCUT2D eigenvalue weighted by molar-refractivity contribution is 0.0623. The number of aromatic nitrogens is 2. The maximum atomic E-state index is 5.41. The molecule has 146 valence electrons. The third-order valence-electron chi connectivity index (χ3n) is 6.39. The van der Waals surface area contributed by atoms with Crippen molar-refractivity contribution in [1.82, 2.24) is 19.9 Å². The molecule has 0 aliphatic carbocycles. The number of rotatable bonds is 6. The number of likely N-dealkylation sites (tertiary alicyclic amines) is 2. The summed E-state index contributed by atoms with van der Waals surface area (Å²) in [5, 5.41) is 4.04. The zero-order valence-electron chi connectivity index (χ0n) is 16.4. The molecule has 0 unspecified atom stereocenters. The first kappa shape index (κ1) is 18.6. The van der Waals surface area contributed by atoms with Gasteiger partial charge in [0.05, 0.1) is 13.2 Å². The maximum Gasteiger partial charge on any atom is 0.240 e. The summed E-state index contributed by atoms with van der Waals surface area (Å²) in [4.78, 5) is 9.54. The summed E-state index contributed by atoms with van der Waals surface area (Å²) in [7, 11) is 3.99. The van der Waals surface area contributed by atoms with E-state index in [-0.39, 0.29) is 0 Å². The van der Waals surface area contributed by atoms with Gasteiger partial charge in [0.2, 0.25) is 5.89 Å². The van der Waals surface area contributed by atoms with E-state index in [4.69, 9.17) is 9.26 Å². The number of hydrogen-bond acceptors (Lipinski definition) is 6. The molecule has 0 N–H and O–H groups in total. The fraction of sp³-hybridized carbons (Fsp3) is 0.619. The highest BCUT2D eigenvalue weighted by atomic mass is 16.5. The number of ether oxygens (including phenoxy) is 1. The molecule has 6 heteroatoms. The van der Waals surface area contributed by atoms with E-state index < -0.39 is 0 Å². The van der Waals surface area contributed by atoms with Gasteiger partial charge in [-0.25, -0.2) is 0 Å². The van der Waals surface area contributed by atoms with Crippen molar-refractivity contribution in [3.05, 3.63) is 47.6 Å². The van der Waals surface area contributed by atoms with E-state index in [0.29, 0.717) is 24.5 Å². The zero-order valence-corrected chi connectivity index (χ0v) is 16.4. The number of methoxy groups -OCH3 is 1. The highest BCUT2D eigenvalue weighted by molar-refractivity contribution is 5.23. The van der Waals surface area contributed by atoms with Crippen molar-refractivity contribution in [2.45, 2.75) is 43.7 Å². The smallest absolute Gasteiger partial charge is 0.240 e. The van der Waals surface area contributed by atoms with Crippen LogP contribution in [0, 0.1) is 0 Å². The van der Waals surface area contributed by atoms with Crippen LogP contribution in [-0.2, 0) is 17.7 Å². The van der Waals surface area contributed by atoms with E-state index >= 15 is 0 Å². The van der Waals surface area contributed by atoms with Gasteiger partial charge in [-0.15, -0.1) is 0 Å². The van der Waals surface area contributed by atoms with Gasteiger partial charge in [0.1, 0.15) is 0 Å². The molecule has 2 saturated heterocycles. The third kappa shape index (κ3) is 4.08. The lowest BCUT2D eigenvalue weighted by atomic mass is 9.81. The molecule has 0 bridgehead atoms. The largest absolute Gasteiger partial charge is 0.384 e. The van der Waals surface area contributed by atoms with Gasteiger partial charge < -0.3 is 9.26 Å². The first-order chi connectivity index (χ1) is 13.2. The van der Waals surface area contributed by atoms with Gasteiger partial charge in [0.25, 0.3) is 0 Å². The summed E-state index contributed by atoms with van der Waals surface area (Å²) in [6.45, 7) is 4.71. The standard InChI is InChI=1S/C21H30N4O2/c1-24-15-18(17-6-4-3-5-7-17)14-21(24)9-11-25(12-10-21)16-20-22-19(23-27-20)8-13-26-2/h3-7,18H,8-16H2,1-2H3/t18-/m1/s1. The topological polar surface area (TPSA) is 54.6 Å². The summed E-state index contributed by atoms with van der Waals surface area (Å²) in [5.74, 6) is 2.11. The molecule has 1 aromatic heterocycles. The van der Waals surface area contributed by atoms with Crippen LogP contribution in [0.2, 0.25) is 0 Å². The summed E-state index contributed by atoms with van der Waals surface area (Å²) >= 11 is 0.